The molecule has 9 heteroatoms. The van der Waals surface area contributed by atoms with E-state index in [4.69, 9.17) is 30.0 Å². The Balaban J connectivity index is 1.82. The van der Waals surface area contributed by atoms with Gasteiger partial charge in [0.05, 0.1) is 47.3 Å². The Kier molecular flexibility index (Phi) is 5.32. The topological polar surface area (TPSA) is 99.6 Å². The molecule has 0 aliphatic carbocycles. The van der Waals surface area contributed by atoms with E-state index in [9.17, 15) is 4.79 Å². The van der Waals surface area contributed by atoms with Gasteiger partial charge in [0.1, 0.15) is 23.0 Å². The number of fused-ring (bicyclic) bond motifs is 1. The lowest BCUT2D eigenvalue weighted by Crippen LogP contribution is -2.14. The summed E-state index contributed by atoms with van der Waals surface area (Å²) in [4.78, 5) is 17.9. The molecule has 1 N–H and O–H groups in total. The standard InChI is InChI=1S/C22H20ClN3O5/c1-10-6-13(12(3)30-10)16-7-14(20-11(2)26-31-22(20)25-16)21(27)24-17-8-15(23)18(28-4)9-19(17)29-5/h6-9H,1-5H3,(H,24,27). The molecule has 0 radical (unpaired) electrons. The van der Waals surface area contributed by atoms with Gasteiger partial charge in [-0.2, -0.15) is 0 Å². The molecule has 0 unspecified atom stereocenters. The number of aromatic nitrogens is 2. The Morgan fingerprint density at radius 2 is 1.81 bits per heavy atom. The quantitative estimate of drug-likeness (QED) is 0.446. The van der Waals surface area contributed by atoms with Crippen LogP contribution in [0.1, 0.15) is 27.6 Å². The summed E-state index contributed by atoms with van der Waals surface area (Å²) in [6.45, 7) is 5.44. The van der Waals surface area contributed by atoms with Gasteiger partial charge in [-0.1, -0.05) is 16.8 Å². The summed E-state index contributed by atoms with van der Waals surface area (Å²) in [6.07, 6.45) is 0. The second-order valence-electron chi connectivity index (χ2n) is 6.97. The van der Waals surface area contributed by atoms with E-state index in [1.54, 1.807) is 25.1 Å². The molecule has 4 rings (SSSR count). The molecule has 0 saturated heterocycles. The number of nitrogens with zero attached hydrogens (tertiary/aromatic N) is 2. The third-order valence-electron chi connectivity index (χ3n) is 4.90. The first-order valence-electron chi connectivity index (χ1n) is 9.39. The van der Waals surface area contributed by atoms with Gasteiger partial charge < -0.3 is 23.7 Å². The molecule has 4 aromatic rings. The molecule has 3 heterocycles. The third-order valence-corrected chi connectivity index (χ3v) is 5.20. The van der Waals surface area contributed by atoms with Gasteiger partial charge in [0.25, 0.3) is 11.6 Å². The average Bonchev–Trinajstić information content (AvgIpc) is 3.28. The number of hydrogen-bond acceptors (Lipinski definition) is 7. The molecule has 0 saturated carbocycles. The summed E-state index contributed by atoms with van der Waals surface area (Å²) in [6, 6.07) is 6.73. The van der Waals surface area contributed by atoms with Crippen LogP contribution < -0.4 is 14.8 Å². The van der Waals surface area contributed by atoms with Crippen LogP contribution in [0.5, 0.6) is 11.5 Å². The number of anilines is 1. The highest BCUT2D eigenvalue weighted by Gasteiger charge is 2.22. The molecule has 8 nitrogen and oxygen atoms in total. The van der Waals surface area contributed by atoms with E-state index in [0.29, 0.717) is 50.3 Å². The number of furan rings is 1. The fraction of sp³-hybridized carbons (Fsp3) is 0.227. The Hall–Kier alpha value is -3.52. The molecule has 0 aliphatic heterocycles. The molecule has 1 amide bonds. The van der Waals surface area contributed by atoms with Gasteiger partial charge in [0.15, 0.2) is 0 Å². The first kappa shape index (κ1) is 20.7. The third kappa shape index (κ3) is 3.70. The van der Waals surface area contributed by atoms with Crippen molar-refractivity contribution in [3.8, 4) is 22.8 Å². The number of pyridine rings is 1. The van der Waals surface area contributed by atoms with E-state index in [-0.39, 0.29) is 5.71 Å². The largest absolute Gasteiger partial charge is 0.495 e. The van der Waals surface area contributed by atoms with Crippen molar-refractivity contribution in [2.45, 2.75) is 20.8 Å². The molecule has 0 aliphatic rings. The zero-order valence-corrected chi connectivity index (χ0v) is 18.4. The Labute approximate surface area is 183 Å². The van der Waals surface area contributed by atoms with E-state index in [2.05, 4.69) is 15.5 Å². The number of ether oxygens (including phenoxy) is 2. The van der Waals surface area contributed by atoms with Crippen molar-refractivity contribution < 1.29 is 23.2 Å². The van der Waals surface area contributed by atoms with Crippen LogP contribution in [0.4, 0.5) is 5.69 Å². The predicted molar refractivity (Wildman–Crippen MR) is 116 cm³/mol. The SMILES string of the molecule is COc1cc(OC)c(NC(=O)c2cc(-c3cc(C)oc3C)nc3onc(C)c23)cc1Cl. The predicted octanol–water partition coefficient (Wildman–Crippen LogP) is 5.33. The smallest absolute Gasteiger partial charge is 0.259 e. The summed E-state index contributed by atoms with van der Waals surface area (Å²) in [7, 11) is 3.00. The van der Waals surface area contributed by atoms with Crippen molar-refractivity contribution in [2.75, 3.05) is 19.5 Å². The number of aryl methyl sites for hydroxylation is 3. The zero-order valence-electron chi connectivity index (χ0n) is 17.6. The van der Waals surface area contributed by atoms with Crippen LogP contribution in [0, 0.1) is 20.8 Å². The normalized spacial score (nSPS) is 11.0. The Morgan fingerprint density at radius 1 is 1.06 bits per heavy atom. The van der Waals surface area contributed by atoms with Gasteiger partial charge in [-0.3, -0.25) is 4.79 Å². The number of hydrogen-bond donors (Lipinski definition) is 1. The number of methoxy groups -OCH3 is 2. The van der Waals surface area contributed by atoms with Crippen molar-refractivity contribution in [1.82, 2.24) is 10.1 Å². The highest BCUT2D eigenvalue weighted by Crippen LogP contribution is 2.37. The minimum absolute atomic E-state index is 0.262. The monoisotopic (exact) mass is 441 g/mol. The molecule has 160 valence electrons. The van der Waals surface area contributed by atoms with Crippen molar-refractivity contribution in [3.63, 3.8) is 0 Å². The first-order valence-corrected chi connectivity index (χ1v) is 9.77. The number of amides is 1. The maximum atomic E-state index is 13.3. The van der Waals surface area contributed by atoms with Gasteiger partial charge in [0.2, 0.25) is 0 Å². The Bertz CT molecular complexity index is 1310. The molecular formula is C22H20ClN3O5. The van der Waals surface area contributed by atoms with E-state index in [0.717, 1.165) is 11.3 Å². The molecule has 0 spiro atoms. The summed E-state index contributed by atoms with van der Waals surface area (Å²) in [5.74, 6) is 1.88. The fourth-order valence-electron chi connectivity index (χ4n) is 3.44. The lowest BCUT2D eigenvalue weighted by atomic mass is 10.1. The van der Waals surface area contributed by atoms with Crippen LogP contribution in [-0.2, 0) is 0 Å². The highest BCUT2D eigenvalue weighted by molar-refractivity contribution is 6.32. The number of carbonyl (C=O) groups excluding carboxylic acids is 1. The van der Waals surface area contributed by atoms with Crippen LogP contribution in [0.3, 0.4) is 0 Å². The van der Waals surface area contributed by atoms with Crippen LogP contribution in [0.15, 0.2) is 33.2 Å². The molecule has 0 fully saturated rings. The summed E-state index contributed by atoms with van der Waals surface area (Å²) < 4.78 is 21.6. The molecule has 31 heavy (non-hydrogen) atoms. The second kappa shape index (κ2) is 7.96. The maximum Gasteiger partial charge on any atom is 0.259 e. The van der Waals surface area contributed by atoms with Crippen molar-refractivity contribution >= 4 is 34.3 Å². The van der Waals surface area contributed by atoms with Gasteiger partial charge in [0, 0.05) is 11.6 Å². The molecule has 3 aromatic heterocycles. The Morgan fingerprint density at radius 3 is 2.45 bits per heavy atom. The maximum absolute atomic E-state index is 13.3. The van der Waals surface area contributed by atoms with Gasteiger partial charge >= 0.3 is 0 Å². The van der Waals surface area contributed by atoms with Crippen LogP contribution in [0.25, 0.3) is 22.4 Å². The van der Waals surface area contributed by atoms with E-state index < -0.39 is 5.91 Å². The summed E-state index contributed by atoms with van der Waals surface area (Å²) in [5, 5.41) is 7.69. The van der Waals surface area contributed by atoms with Crippen molar-refractivity contribution in [3.05, 3.63) is 52.1 Å². The molecule has 0 atom stereocenters. The average molecular weight is 442 g/mol. The second-order valence-corrected chi connectivity index (χ2v) is 7.38. The minimum atomic E-state index is -0.391. The summed E-state index contributed by atoms with van der Waals surface area (Å²) in [5.41, 5.74) is 2.88. The van der Waals surface area contributed by atoms with Gasteiger partial charge in [-0.05, 0) is 39.0 Å². The lowest BCUT2D eigenvalue weighted by molar-refractivity contribution is 0.102. The molecular weight excluding hydrogens is 422 g/mol. The highest BCUT2D eigenvalue weighted by atomic mass is 35.5. The van der Waals surface area contributed by atoms with E-state index in [1.807, 2.05) is 19.9 Å². The number of carbonyl (C=O) groups is 1. The zero-order chi connectivity index (χ0) is 22.3. The molecule has 0 bridgehead atoms. The first-order chi connectivity index (χ1) is 14.8. The fourth-order valence-corrected chi connectivity index (χ4v) is 3.69. The van der Waals surface area contributed by atoms with Crippen LogP contribution >= 0.6 is 11.6 Å². The number of rotatable bonds is 5. The minimum Gasteiger partial charge on any atom is -0.495 e. The van der Waals surface area contributed by atoms with E-state index >= 15 is 0 Å². The molecule has 1 aromatic carbocycles. The number of halogens is 1. The van der Waals surface area contributed by atoms with Crippen molar-refractivity contribution in [1.29, 1.82) is 0 Å². The van der Waals surface area contributed by atoms with Gasteiger partial charge in [-0.25, -0.2) is 4.98 Å². The van der Waals surface area contributed by atoms with E-state index in [1.165, 1.54) is 14.2 Å². The number of benzene rings is 1. The van der Waals surface area contributed by atoms with Gasteiger partial charge in [-0.15, -0.1) is 0 Å². The lowest BCUT2D eigenvalue weighted by Gasteiger charge is -2.13. The van der Waals surface area contributed by atoms with Crippen molar-refractivity contribution in [2.24, 2.45) is 0 Å². The van der Waals surface area contributed by atoms with Crippen LogP contribution in [-0.4, -0.2) is 30.3 Å². The number of nitrogens with one attached hydrogen (secondary N) is 1. The summed E-state index contributed by atoms with van der Waals surface area (Å²) >= 11 is 6.24. The van der Waals surface area contributed by atoms with Crippen LogP contribution in [0.2, 0.25) is 5.02 Å².